The van der Waals surface area contributed by atoms with Crippen molar-refractivity contribution in [1.29, 1.82) is 5.26 Å². The lowest BCUT2D eigenvalue weighted by Gasteiger charge is -2.05. The van der Waals surface area contributed by atoms with Crippen molar-refractivity contribution in [2.24, 2.45) is 0 Å². The molecule has 0 radical (unpaired) electrons. The van der Waals surface area contributed by atoms with Crippen LogP contribution in [-0.2, 0) is 6.42 Å². The molecule has 0 aliphatic rings. The van der Waals surface area contributed by atoms with Crippen LogP contribution in [0.1, 0.15) is 17.5 Å². The quantitative estimate of drug-likeness (QED) is 0.752. The minimum atomic E-state index is 0.652. The van der Waals surface area contributed by atoms with Crippen LogP contribution < -0.4 is 4.74 Å². The topological polar surface area (TPSA) is 45.9 Å². The molecule has 2 rings (SSSR count). The van der Waals surface area contributed by atoms with E-state index in [1.165, 1.54) is 5.56 Å². The van der Waals surface area contributed by atoms with E-state index in [9.17, 15) is 0 Å². The largest absolute Gasteiger partial charge is 0.494 e. The molecule has 3 nitrogen and oxygen atoms in total. The van der Waals surface area contributed by atoms with E-state index >= 15 is 0 Å². The van der Waals surface area contributed by atoms with Crippen molar-refractivity contribution < 1.29 is 4.74 Å². The molecule has 1 heterocycles. The first-order chi connectivity index (χ1) is 8.88. The number of hydrogen-bond acceptors (Lipinski definition) is 3. The van der Waals surface area contributed by atoms with Crippen LogP contribution in [-0.4, -0.2) is 11.6 Å². The standard InChI is InChI=1S/C15H14N2O/c16-12-14-3-5-15(6-4-14)18-11-1-2-13-7-9-17-10-8-13/h3-10H,1-2,11H2. The molecule has 0 saturated heterocycles. The van der Waals surface area contributed by atoms with E-state index in [2.05, 4.69) is 11.1 Å². The van der Waals surface area contributed by atoms with Gasteiger partial charge in [-0.05, 0) is 54.8 Å². The number of nitrogens with zero attached hydrogens (tertiary/aromatic N) is 2. The van der Waals surface area contributed by atoms with Crippen LogP contribution in [0.5, 0.6) is 5.75 Å². The van der Waals surface area contributed by atoms with E-state index in [0.29, 0.717) is 12.2 Å². The minimum absolute atomic E-state index is 0.652. The summed E-state index contributed by atoms with van der Waals surface area (Å²) in [5.74, 6) is 0.809. The maximum atomic E-state index is 8.67. The van der Waals surface area contributed by atoms with E-state index in [4.69, 9.17) is 10.00 Å². The van der Waals surface area contributed by atoms with Gasteiger partial charge in [-0.1, -0.05) is 0 Å². The molecule has 0 N–H and O–H groups in total. The van der Waals surface area contributed by atoms with Crippen molar-refractivity contribution in [1.82, 2.24) is 4.98 Å². The van der Waals surface area contributed by atoms with Crippen LogP contribution in [0.4, 0.5) is 0 Å². The van der Waals surface area contributed by atoms with Gasteiger partial charge in [0.25, 0.3) is 0 Å². The van der Waals surface area contributed by atoms with Crippen molar-refractivity contribution in [2.75, 3.05) is 6.61 Å². The van der Waals surface area contributed by atoms with Crippen molar-refractivity contribution in [3.8, 4) is 11.8 Å². The Balaban J connectivity index is 1.74. The molecule has 0 aliphatic heterocycles. The van der Waals surface area contributed by atoms with E-state index in [-0.39, 0.29) is 0 Å². The molecule has 0 aliphatic carbocycles. The van der Waals surface area contributed by atoms with Crippen molar-refractivity contribution in [3.05, 3.63) is 59.9 Å². The minimum Gasteiger partial charge on any atom is -0.494 e. The van der Waals surface area contributed by atoms with Gasteiger partial charge in [-0.25, -0.2) is 0 Å². The normalized spacial score (nSPS) is 9.72. The number of aryl methyl sites for hydroxylation is 1. The zero-order valence-corrected chi connectivity index (χ0v) is 10.0. The molecular formula is C15H14N2O. The summed E-state index contributed by atoms with van der Waals surface area (Å²) in [4.78, 5) is 3.98. The fourth-order valence-electron chi connectivity index (χ4n) is 1.64. The number of benzene rings is 1. The Morgan fingerprint density at radius 2 is 1.78 bits per heavy atom. The molecule has 0 amide bonds. The average molecular weight is 238 g/mol. The molecule has 0 fully saturated rings. The fourth-order valence-corrected chi connectivity index (χ4v) is 1.64. The van der Waals surface area contributed by atoms with Crippen LogP contribution in [0.3, 0.4) is 0 Å². The number of pyridine rings is 1. The van der Waals surface area contributed by atoms with Gasteiger partial charge < -0.3 is 4.74 Å². The number of ether oxygens (including phenoxy) is 1. The fraction of sp³-hybridized carbons (Fsp3) is 0.200. The summed E-state index contributed by atoms with van der Waals surface area (Å²) in [5, 5.41) is 8.67. The predicted octanol–water partition coefficient (Wildman–Crippen LogP) is 2.96. The molecule has 0 atom stereocenters. The SMILES string of the molecule is N#Cc1ccc(OCCCc2ccncc2)cc1. The third-order valence-corrected chi connectivity index (χ3v) is 2.61. The Labute approximate surface area is 107 Å². The summed E-state index contributed by atoms with van der Waals surface area (Å²) in [6.07, 6.45) is 5.55. The third-order valence-electron chi connectivity index (χ3n) is 2.61. The second-order valence-corrected chi connectivity index (χ2v) is 3.94. The first-order valence-corrected chi connectivity index (χ1v) is 5.90. The lowest BCUT2D eigenvalue weighted by molar-refractivity contribution is 0.311. The molecule has 0 spiro atoms. The van der Waals surface area contributed by atoms with E-state index in [0.717, 1.165) is 18.6 Å². The average Bonchev–Trinajstić information content (AvgIpc) is 2.45. The molecular weight excluding hydrogens is 224 g/mol. The Morgan fingerprint density at radius 3 is 2.44 bits per heavy atom. The lowest BCUT2D eigenvalue weighted by Crippen LogP contribution is -1.99. The van der Waals surface area contributed by atoms with Crippen molar-refractivity contribution in [3.63, 3.8) is 0 Å². The van der Waals surface area contributed by atoms with Crippen LogP contribution >= 0.6 is 0 Å². The molecule has 18 heavy (non-hydrogen) atoms. The van der Waals surface area contributed by atoms with Crippen LogP contribution in [0.2, 0.25) is 0 Å². The molecule has 3 heteroatoms. The first-order valence-electron chi connectivity index (χ1n) is 5.90. The number of nitriles is 1. The Hall–Kier alpha value is -2.34. The van der Waals surface area contributed by atoms with Gasteiger partial charge in [-0.2, -0.15) is 5.26 Å². The highest BCUT2D eigenvalue weighted by Gasteiger charge is 1.96. The van der Waals surface area contributed by atoms with Gasteiger partial charge in [0.1, 0.15) is 5.75 Å². The zero-order valence-electron chi connectivity index (χ0n) is 10.0. The summed E-state index contributed by atoms with van der Waals surface area (Å²) in [6, 6.07) is 13.3. The smallest absolute Gasteiger partial charge is 0.119 e. The highest BCUT2D eigenvalue weighted by molar-refractivity contribution is 5.34. The Kier molecular flexibility index (Phi) is 4.32. The summed E-state index contributed by atoms with van der Waals surface area (Å²) in [5.41, 5.74) is 1.92. The number of aromatic nitrogens is 1. The Morgan fingerprint density at radius 1 is 1.06 bits per heavy atom. The van der Waals surface area contributed by atoms with Gasteiger partial charge in [0.2, 0.25) is 0 Å². The summed E-state index contributed by atoms with van der Waals surface area (Å²) in [6.45, 7) is 0.675. The second-order valence-electron chi connectivity index (χ2n) is 3.94. The Bertz CT molecular complexity index is 514. The van der Waals surface area contributed by atoms with Gasteiger partial charge in [0.15, 0.2) is 0 Å². The van der Waals surface area contributed by atoms with Gasteiger partial charge in [0, 0.05) is 12.4 Å². The highest BCUT2D eigenvalue weighted by Crippen LogP contribution is 2.12. The highest BCUT2D eigenvalue weighted by atomic mass is 16.5. The summed E-state index contributed by atoms with van der Waals surface area (Å²) >= 11 is 0. The number of hydrogen-bond donors (Lipinski definition) is 0. The summed E-state index contributed by atoms with van der Waals surface area (Å²) < 4.78 is 5.60. The van der Waals surface area contributed by atoms with E-state index in [1.54, 1.807) is 24.5 Å². The lowest BCUT2D eigenvalue weighted by atomic mass is 10.1. The van der Waals surface area contributed by atoms with E-state index in [1.807, 2.05) is 24.3 Å². The van der Waals surface area contributed by atoms with Gasteiger partial charge in [0.05, 0.1) is 18.2 Å². The van der Waals surface area contributed by atoms with Gasteiger partial charge >= 0.3 is 0 Å². The molecule has 0 unspecified atom stereocenters. The maximum Gasteiger partial charge on any atom is 0.119 e. The number of rotatable bonds is 5. The molecule has 1 aromatic carbocycles. The maximum absolute atomic E-state index is 8.67. The second kappa shape index (κ2) is 6.41. The molecule has 0 saturated carbocycles. The molecule has 1 aromatic heterocycles. The van der Waals surface area contributed by atoms with Crippen molar-refractivity contribution in [2.45, 2.75) is 12.8 Å². The van der Waals surface area contributed by atoms with Gasteiger partial charge in [-0.3, -0.25) is 4.98 Å². The third kappa shape index (κ3) is 3.60. The van der Waals surface area contributed by atoms with Crippen molar-refractivity contribution >= 4 is 0 Å². The first kappa shape index (κ1) is 12.1. The summed E-state index contributed by atoms with van der Waals surface area (Å²) in [7, 11) is 0. The molecule has 0 bridgehead atoms. The van der Waals surface area contributed by atoms with Crippen LogP contribution in [0, 0.1) is 11.3 Å². The monoisotopic (exact) mass is 238 g/mol. The molecule has 90 valence electrons. The van der Waals surface area contributed by atoms with Crippen LogP contribution in [0.15, 0.2) is 48.8 Å². The van der Waals surface area contributed by atoms with E-state index < -0.39 is 0 Å². The van der Waals surface area contributed by atoms with Crippen LogP contribution in [0.25, 0.3) is 0 Å². The zero-order chi connectivity index (χ0) is 12.6. The van der Waals surface area contributed by atoms with Gasteiger partial charge in [-0.15, -0.1) is 0 Å². The molecule has 2 aromatic rings. The predicted molar refractivity (Wildman–Crippen MR) is 69.2 cm³/mol.